The maximum atomic E-state index is 12.8. The fourth-order valence-electron chi connectivity index (χ4n) is 2.33. The normalized spacial score (nSPS) is 11.6. The van der Waals surface area contributed by atoms with Crippen LogP contribution in [0.1, 0.15) is 11.5 Å². The van der Waals surface area contributed by atoms with E-state index in [9.17, 15) is 23.3 Å². The summed E-state index contributed by atoms with van der Waals surface area (Å²) in [4.78, 5) is 17.5. The number of halogens is 3. The van der Waals surface area contributed by atoms with Crippen LogP contribution in [0.15, 0.2) is 30.3 Å². The minimum absolute atomic E-state index is 0.0139. The topological polar surface area (TPSA) is 110 Å². The number of hydrogen-bond donors (Lipinski definition) is 2. The number of aryl methyl sites for hydroxylation is 1. The van der Waals surface area contributed by atoms with Crippen molar-refractivity contribution in [2.75, 3.05) is 23.7 Å². The third-order valence-electron chi connectivity index (χ3n) is 3.53. The molecule has 0 fully saturated rings. The van der Waals surface area contributed by atoms with Crippen molar-refractivity contribution in [2.45, 2.75) is 13.1 Å². The van der Waals surface area contributed by atoms with Crippen LogP contribution in [-0.4, -0.2) is 37.6 Å². The molecule has 0 saturated heterocycles. The van der Waals surface area contributed by atoms with Gasteiger partial charge < -0.3 is 10.6 Å². The largest absolute Gasteiger partial charge is 0.453 e. The monoisotopic (exact) mass is 381 g/mol. The molecule has 142 valence electrons. The standard InChI is InChI=1S/C15H14F3N7O2/c1-9-8-12(24-14(21-9)22-13(23-24)15(16,17)18)20-7-6-19-10-2-4-11(5-3-10)25(26)27/h2-5,8,19-20H,6-7H2,1H3. The first-order valence-corrected chi connectivity index (χ1v) is 7.78. The number of benzene rings is 1. The van der Waals surface area contributed by atoms with Gasteiger partial charge in [0.25, 0.3) is 17.3 Å². The van der Waals surface area contributed by atoms with Gasteiger partial charge in [-0.2, -0.15) is 22.7 Å². The predicted molar refractivity (Wildman–Crippen MR) is 90.6 cm³/mol. The molecule has 0 spiro atoms. The molecule has 3 aromatic rings. The van der Waals surface area contributed by atoms with Gasteiger partial charge in [0.05, 0.1) is 4.92 Å². The van der Waals surface area contributed by atoms with Crippen LogP contribution in [0.3, 0.4) is 0 Å². The SMILES string of the molecule is Cc1cc(NCCNc2ccc([N+](=O)[O-])cc2)n2nc(C(F)(F)F)nc2n1. The zero-order valence-corrected chi connectivity index (χ0v) is 14.0. The number of fused-ring (bicyclic) bond motifs is 1. The fraction of sp³-hybridized carbons (Fsp3) is 0.267. The molecule has 0 aliphatic heterocycles. The molecule has 3 rings (SSSR count). The Labute approximate surface area is 150 Å². The van der Waals surface area contributed by atoms with Crippen molar-refractivity contribution in [2.24, 2.45) is 0 Å². The summed E-state index contributed by atoms with van der Waals surface area (Å²) >= 11 is 0. The van der Waals surface area contributed by atoms with Gasteiger partial charge in [-0.1, -0.05) is 0 Å². The molecule has 1 aromatic carbocycles. The molecule has 0 radical (unpaired) electrons. The minimum Gasteiger partial charge on any atom is -0.383 e. The van der Waals surface area contributed by atoms with E-state index in [1.54, 1.807) is 25.1 Å². The molecule has 27 heavy (non-hydrogen) atoms. The zero-order chi connectivity index (χ0) is 19.6. The Balaban J connectivity index is 1.66. The lowest BCUT2D eigenvalue weighted by atomic mass is 10.3. The quantitative estimate of drug-likeness (QED) is 0.384. The number of anilines is 2. The highest BCUT2D eigenvalue weighted by Gasteiger charge is 2.36. The summed E-state index contributed by atoms with van der Waals surface area (Å²) in [5.41, 5.74) is 1.16. The maximum absolute atomic E-state index is 12.8. The highest BCUT2D eigenvalue weighted by molar-refractivity contribution is 5.49. The van der Waals surface area contributed by atoms with E-state index in [0.717, 1.165) is 4.52 Å². The highest BCUT2D eigenvalue weighted by Crippen LogP contribution is 2.27. The van der Waals surface area contributed by atoms with E-state index >= 15 is 0 Å². The molecule has 0 atom stereocenters. The number of nitro groups is 1. The Morgan fingerprint density at radius 2 is 1.81 bits per heavy atom. The Kier molecular flexibility index (Phi) is 4.79. The van der Waals surface area contributed by atoms with E-state index in [2.05, 4.69) is 25.7 Å². The van der Waals surface area contributed by atoms with E-state index in [-0.39, 0.29) is 11.5 Å². The van der Waals surface area contributed by atoms with Crippen molar-refractivity contribution >= 4 is 23.0 Å². The molecule has 0 bridgehead atoms. The number of nitro benzene ring substituents is 1. The number of rotatable bonds is 6. The van der Waals surface area contributed by atoms with E-state index < -0.39 is 16.9 Å². The third kappa shape index (κ3) is 4.22. The van der Waals surface area contributed by atoms with Gasteiger partial charge in [0.2, 0.25) is 0 Å². The number of non-ortho nitro benzene ring substituents is 1. The third-order valence-corrected chi connectivity index (χ3v) is 3.53. The van der Waals surface area contributed by atoms with Crippen molar-refractivity contribution < 1.29 is 18.1 Å². The van der Waals surface area contributed by atoms with Crippen LogP contribution in [-0.2, 0) is 6.18 Å². The van der Waals surface area contributed by atoms with E-state index in [4.69, 9.17) is 0 Å². The van der Waals surface area contributed by atoms with Gasteiger partial charge in [-0.05, 0) is 19.1 Å². The molecule has 0 saturated carbocycles. The average molecular weight is 381 g/mol. The summed E-state index contributed by atoms with van der Waals surface area (Å²) in [6, 6.07) is 7.45. The van der Waals surface area contributed by atoms with Crippen LogP contribution in [0.5, 0.6) is 0 Å². The van der Waals surface area contributed by atoms with E-state index in [1.165, 1.54) is 12.1 Å². The van der Waals surface area contributed by atoms with Crippen molar-refractivity contribution in [3.8, 4) is 0 Å². The van der Waals surface area contributed by atoms with Crippen LogP contribution in [0.4, 0.5) is 30.4 Å². The molecule has 9 nitrogen and oxygen atoms in total. The molecule has 0 amide bonds. The Morgan fingerprint density at radius 3 is 2.44 bits per heavy atom. The molecule has 0 aliphatic rings. The summed E-state index contributed by atoms with van der Waals surface area (Å²) in [7, 11) is 0. The molecule has 0 unspecified atom stereocenters. The maximum Gasteiger partial charge on any atom is 0.453 e. The molecule has 0 aliphatic carbocycles. The van der Waals surface area contributed by atoms with Gasteiger partial charge in [0.15, 0.2) is 0 Å². The van der Waals surface area contributed by atoms with Gasteiger partial charge in [-0.25, -0.2) is 4.98 Å². The molecule has 2 aromatic heterocycles. The van der Waals surface area contributed by atoms with E-state index in [1.807, 2.05) is 0 Å². The number of hydrogen-bond acceptors (Lipinski definition) is 7. The second-order valence-electron chi connectivity index (χ2n) is 5.59. The molecular formula is C15H14F3N7O2. The van der Waals surface area contributed by atoms with Crippen molar-refractivity contribution in [1.29, 1.82) is 0 Å². The van der Waals surface area contributed by atoms with Crippen LogP contribution in [0, 0.1) is 17.0 Å². The Hall–Kier alpha value is -3.44. The summed E-state index contributed by atoms with van der Waals surface area (Å²) in [5, 5.41) is 20.1. The van der Waals surface area contributed by atoms with Crippen LogP contribution < -0.4 is 10.6 Å². The summed E-state index contributed by atoms with van der Waals surface area (Å²) in [5.74, 6) is -1.08. The lowest BCUT2D eigenvalue weighted by molar-refractivity contribution is -0.384. The second kappa shape index (κ2) is 7.05. The molecule has 2 N–H and O–H groups in total. The lowest BCUT2D eigenvalue weighted by Crippen LogP contribution is -2.16. The molecule has 12 heteroatoms. The number of aromatic nitrogens is 4. The summed E-state index contributed by atoms with van der Waals surface area (Å²) in [6.07, 6.45) is -4.66. The zero-order valence-electron chi connectivity index (χ0n) is 14.0. The average Bonchev–Trinajstić information content (AvgIpc) is 3.03. The lowest BCUT2D eigenvalue weighted by Gasteiger charge is -2.10. The van der Waals surface area contributed by atoms with Crippen LogP contribution >= 0.6 is 0 Å². The van der Waals surface area contributed by atoms with Crippen LogP contribution in [0.25, 0.3) is 5.78 Å². The van der Waals surface area contributed by atoms with E-state index in [0.29, 0.717) is 30.3 Å². The molecule has 2 heterocycles. The number of alkyl halides is 3. The van der Waals surface area contributed by atoms with Gasteiger partial charge in [0, 0.05) is 42.7 Å². The van der Waals surface area contributed by atoms with Gasteiger partial charge in [0.1, 0.15) is 5.82 Å². The molecular weight excluding hydrogens is 367 g/mol. The Morgan fingerprint density at radius 1 is 1.15 bits per heavy atom. The summed E-state index contributed by atoms with van der Waals surface area (Å²) < 4.78 is 39.4. The minimum atomic E-state index is -4.66. The van der Waals surface area contributed by atoms with Gasteiger partial charge >= 0.3 is 6.18 Å². The van der Waals surface area contributed by atoms with Crippen molar-refractivity contribution in [3.05, 3.63) is 52.0 Å². The fourth-order valence-corrected chi connectivity index (χ4v) is 2.33. The Bertz CT molecular complexity index is 970. The smallest absolute Gasteiger partial charge is 0.383 e. The van der Waals surface area contributed by atoms with Gasteiger partial charge in [-0.15, -0.1) is 5.10 Å². The van der Waals surface area contributed by atoms with Gasteiger partial charge in [-0.3, -0.25) is 10.1 Å². The first kappa shape index (κ1) is 18.4. The van der Waals surface area contributed by atoms with Crippen LogP contribution in [0.2, 0.25) is 0 Å². The predicted octanol–water partition coefficient (Wildman–Crippen LogP) is 2.88. The first-order chi connectivity index (χ1) is 12.7. The van der Waals surface area contributed by atoms with Crippen molar-refractivity contribution in [1.82, 2.24) is 19.6 Å². The number of nitrogens with one attached hydrogen (secondary N) is 2. The number of nitrogens with zero attached hydrogens (tertiary/aromatic N) is 5. The van der Waals surface area contributed by atoms with Crippen molar-refractivity contribution in [3.63, 3.8) is 0 Å². The first-order valence-electron chi connectivity index (χ1n) is 7.78. The second-order valence-corrected chi connectivity index (χ2v) is 5.59. The summed E-state index contributed by atoms with van der Waals surface area (Å²) in [6.45, 7) is 2.42. The highest BCUT2D eigenvalue weighted by atomic mass is 19.4.